The lowest BCUT2D eigenvalue weighted by atomic mass is 9.92. The molecule has 3 aromatic carbocycles. The van der Waals surface area contributed by atoms with Gasteiger partial charge >= 0.3 is 0 Å². The average Bonchev–Trinajstić information content (AvgIpc) is 3.18. The van der Waals surface area contributed by atoms with Crippen molar-refractivity contribution in [2.24, 2.45) is 0 Å². The van der Waals surface area contributed by atoms with Crippen molar-refractivity contribution in [2.45, 2.75) is 47.0 Å². The molecule has 0 bridgehead atoms. The van der Waals surface area contributed by atoms with Crippen molar-refractivity contribution in [1.82, 2.24) is 9.38 Å². The monoisotopic (exact) mass is 548 g/mol. The third-order valence-electron chi connectivity index (χ3n) is 6.73. The number of pyridine rings is 1. The van der Waals surface area contributed by atoms with E-state index in [1.54, 1.807) is 0 Å². The Morgan fingerprint density at radius 1 is 0.938 bits per heavy atom. The number of aryl methyl sites for hydroxylation is 3. The number of rotatable bonds is 3. The van der Waals surface area contributed by atoms with Gasteiger partial charge in [-0.15, -0.1) is 0 Å². The molecule has 32 heavy (non-hydrogen) atoms. The first-order valence-corrected chi connectivity index (χ1v) is 12.7. The van der Waals surface area contributed by atoms with Crippen LogP contribution in [0.5, 0.6) is 0 Å². The normalized spacial score (nSPS) is 12.8. The summed E-state index contributed by atoms with van der Waals surface area (Å²) in [6.45, 7) is 11.1. The summed E-state index contributed by atoms with van der Waals surface area (Å²) < 4.78 is 4.47. The maximum Gasteiger partial charge on any atom is 0.145 e. The summed E-state index contributed by atoms with van der Waals surface area (Å²) in [4.78, 5) is 5.04. The second-order valence-corrected chi connectivity index (χ2v) is 10.6. The first-order valence-electron chi connectivity index (χ1n) is 11.1. The Balaban J connectivity index is 2.05. The van der Waals surface area contributed by atoms with Crippen LogP contribution in [0.4, 0.5) is 0 Å². The van der Waals surface area contributed by atoms with Gasteiger partial charge in [-0.25, -0.2) is 4.98 Å². The number of benzene rings is 3. The number of imidazole rings is 1. The summed E-state index contributed by atoms with van der Waals surface area (Å²) in [7, 11) is 0. The zero-order valence-corrected chi connectivity index (χ0v) is 22.2. The van der Waals surface area contributed by atoms with Crippen LogP contribution in [0, 0.1) is 20.8 Å². The Kier molecular flexibility index (Phi) is 5.42. The molecule has 0 saturated carbocycles. The maximum atomic E-state index is 5.04. The van der Waals surface area contributed by atoms with Crippen molar-refractivity contribution in [2.75, 3.05) is 0 Å². The fourth-order valence-corrected chi connectivity index (χ4v) is 5.82. The highest BCUT2D eigenvalue weighted by Gasteiger charge is 2.20. The lowest BCUT2D eigenvalue weighted by Crippen LogP contribution is -2.00. The molecule has 1 unspecified atom stereocenters. The van der Waals surface area contributed by atoms with Gasteiger partial charge in [0.1, 0.15) is 5.65 Å². The van der Waals surface area contributed by atoms with Gasteiger partial charge in [-0.1, -0.05) is 49.7 Å². The van der Waals surface area contributed by atoms with E-state index in [2.05, 4.69) is 120 Å². The van der Waals surface area contributed by atoms with Gasteiger partial charge in [0, 0.05) is 25.3 Å². The number of fused-ring (bicyclic) bond motifs is 6. The van der Waals surface area contributed by atoms with Gasteiger partial charge in [-0.05, 0) is 99.2 Å². The Hall–Kier alpha value is -2.17. The lowest BCUT2D eigenvalue weighted by Gasteiger charge is -2.18. The molecule has 0 N–H and O–H groups in total. The van der Waals surface area contributed by atoms with E-state index >= 15 is 0 Å². The summed E-state index contributed by atoms with van der Waals surface area (Å²) in [6, 6.07) is 15.7. The molecule has 2 nitrogen and oxygen atoms in total. The maximum absolute atomic E-state index is 5.04. The molecule has 0 amide bonds. The number of halogens is 2. The van der Waals surface area contributed by atoms with Crippen LogP contribution in [0.3, 0.4) is 0 Å². The van der Waals surface area contributed by atoms with Gasteiger partial charge < -0.3 is 0 Å². The Morgan fingerprint density at radius 2 is 1.62 bits per heavy atom. The van der Waals surface area contributed by atoms with E-state index in [4.69, 9.17) is 4.98 Å². The number of aromatic nitrogens is 2. The van der Waals surface area contributed by atoms with Gasteiger partial charge in [-0.2, -0.15) is 0 Å². The summed E-state index contributed by atoms with van der Waals surface area (Å²) in [5.41, 5.74) is 9.83. The molecular weight excluding hydrogens is 524 g/mol. The van der Waals surface area contributed by atoms with Gasteiger partial charge in [0.05, 0.1) is 17.4 Å². The zero-order chi connectivity index (χ0) is 22.7. The van der Waals surface area contributed by atoms with E-state index in [0.717, 1.165) is 32.2 Å². The van der Waals surface area contributed by atoms with Crippen LogP contribution in [-0.4, -0.2) is 9.38 Å². The van der Waals surface area contributed by atoms with Crippen LogP contribution in [0.1, 0.15) is 48.4 Å². The Bertz CT molecular complexity index is 1510. The quantitative estimate of drug-likeness (QED) is 0.205. The standard InChI is InChI=1S/C28H26Br2N2/c1-6-16(3)19-8-7-9-20-21-12-22(29)23(30)13-24(21)32-25(14-31-28(32)27(19)20)26-17(4)10-15(2)11-18(26)5/h7-14,16H,6H2,1-5H3. The SMILES string of the molecule is CCC(C)c1cccc2c3cc(Br)c(Br)cc3n3c(-c4c(C)cc(C)cc4C)cnc3c12. The summed E-state index contributed by atoms with van der Waals surface area (Å²) in [5.74, 6) is 0.460. The van der Waals surface area contributed by atoms with Crippen molar-refractivity contribution < 1.29 is 0 Å². The molecular formula is C28H26Br2N2. The third kappa shape index (κ3) is 3.22. The minimum Gasteiger partial charge on any atom is -0.292 e. The Morgan fingerprint density at radius 3 is 2.31 bits per heavy atom. The number of hydrogen-bond donors (Lipinski definition) is 0. The van der Waals surface area contributed by atoms with Gasteiger partial charge in [0.25, 0.3) is 0 Å². The average molecular weight is 550 g/mol. The molecule has 5 rings (SSSR count). The molecule has 4 heteroatoms. The van der Waals surface area contributed by atoms with E-state index in [0.29, 0.717) is 5.92 Å². The first-order chi connectivity index (χ1) is 15.3. The van der Waals surface area contributed by atoms with E-state index in [9.17, 15) is 0 Å². The molecule has 0 aliphatic rings. The van der Waals surface area contributed by atoms with Gasteiger partial charge in [0.2, 0.25) is 0 Å². The predicted molar refractivity (Wildman–Crippen MR) is 144 cm³/mol. The van der Waals surface area contributed by atoms with Crippen molar-refractivity contribution in [3.8, 4) is 11.3 Å². The second-order valence-electron chi connectivity index (χ2n) is 8.94. The highest BCUT2D eigenvalue weighted by molar-refractivity contribution is 9.13. The van der Waals surface area contributed by atoms with E-state index in [1.807, 2.05) is 0 Å². The van der Waals surface area contributed by atoms with Crippen molar-refractivity contribution in [3.63, 3.8) is 0 Å². The van der Waals surface area contributed by atoms with Crippen molar-refractivity contribution in [1.29, 1.82) is 0 Å². The molecule has 5 aromatic rings. The zero-order valence-electron chi connectivity index (χ0n) is 19.1. The fourth-order valence-electron chi connectivity index (χ4n) is 5.14. The van der Waals surface area contributed by atoms with Crippen molar-refractivity contribution in [3.05, 3.63) is 79.9 Å². The second kappa shape index (κ2) is 8.00. The minimum absolute atomic E-state index is 0.460. The molecule has 0 aliphatic heterocycles. The molecule has 0 radical (unpaired) electrons. The van der Waals surface area contributed by atoms with Gasteiger partial charge in [-0.3, -0.25) is 4.40 Å². The third-order valence-corrected chi connectivity index (χ3v) is 8.57. The smallest absolute Gasteiger partial charge is 0.145 e. The number of hydrogen-bond acceptors (Lipinski definition) is 1. The van der Waals surface area contributed by atoms with E-state index < -0.39 is 0 Å². The summed E-state index contributed by atoms with van der Waals surface area (Å²) in [5, 5.41) is 3.75. The van der Waals surface area contributed by atoms with Crippen LogP contribution in [0.15, 0.2) is 57.6 Å². The van der Waals surface area contributed by atoms with E-state index in [1.165, 1.54) is 44.0 Å². The molecule has 0 aliphatic carbocycles. The van der Waals surface area contributed by atoms with Crippen LogP contribution >= 0.6 is 31.9 Å². The van der Waals surface area contributed by atoms with Crippen LogP contribution < -0.4 is 0 Å². The van der Waals surface area contributed by atoms with Crippen LogP contribution in [0.25, 0.3) is 38.6 Å². The lowest BCUT2D eigenvalue weighted by molar-refractivity contribution is 0.740. The summed E-state index contributed by atoms with van der Waals surface area (Å²) >= 11 is 7.48. The highest BCUT2D eigenvalue weighted by Crippen LogP contribution is 2.41. The minimum atomic E-state index is 0.460. The predicted octanol–water partition coefficient (Wildman–Crippen LogP) is 9.27. The molecule has 162 valence electrons. The molecule has 0 saturated heterocycles. The number of nitrogens with zero attached hydrogens (tertiary/aromatic N) is 2. The molecule has 2 heterocycles. The Labute approximate surface area is 205 Å². The van der Waals surface area contributed by atoms with E-state index in [-0.39, 0.29) is 0 Å². The van der Waals surface area contributed by atoms with Crippen LogP contribution in [-0.2, 0) is 0 Å². The van der Waals surface area contributed by atoms with Gasteiger partial charge in [0.15, 0.2) is 0 Å². The molecule has 0 spiro atoms. The highest BCUT2D eigenvalue weighted by atomic mass is 79.9. The van der Waals surface area contributed by atoms with Crippen molar-refractivity contribution >= 4 is 59.2 Å². The topological polar surface area (TPSA) is 17.3 Å². The first kappa shape index (κ1) is 21.7. The molecule has 1 atom stereocenters. The molecule has 2 aromatic heterocycles. The van der Waals surface area contributed by atoms with Crippen LogP contribution in [0.2, 0.25) is 0 Å². The fraction of sp³-hybridized carbons (Fsp3) is 0.250. The largest absolute Gasteiger partial charge is 0.292 e. The molecule has 0 fully saturated rings. The summed E-state index contributed by atoms with van der Waals surface area (Å²) in [6.07, 6.45) is 3.15.